The first-order valence-electron chi connectivity index (χ1n) is 5.57. The number of hydrogen-bond acceptors (Lipinski definition) is 3. The summed E-state index contributed by atoms with van der Waals surface area (Å²) >= 11 is 0. The van der Waals surface area contributed by atoms with Gasteiger partial charge in [-0.1, -0.05) is 0 Å². The van der Waals surface area contributed by atoms with E-state index in [0.717, 1.165) is 32.5 Å². The molecule has 16 heavy (non-hydrogen) atoms. The molecule has 0 aromatic carbocycles. The van der Waals surface area contributed by atoms with Crippen LogP contribution in [0.5, 0.6) is 0 Å². The second kappa shape index (κ2) is 7.70. The lowest BCUT2D eigenvalue weighted by Crippen LogP contribution is -2.41. The van der Waals surface area contributed by atoms with Crippen LogP contribution >= 0.6 is 0 Å². The summed E-state index contributed by atoms with van der Waals surface area (Å²) in [6, 6.07) is 0. The van der Waals surface area contributed by atoms with Gasteiger partial charge in [0.05, 0.1) is 6.33 Å². The van der Waals surface area contributed by atoms with Crippen LogP contribution < -0.4 is 16.6 Å². The number of aliphatic imine (C=N–C) groups is 1. The normalized spacial score (nSPS) is 11.5. The third-order valence-electron chi connectivity index (χ3n) is 2.13. The molecule has 0 amide bonds. The summed E-state index contributed by atoms with van der Waals surface area (Å²) in [5, 5.41) is 3.04. The van der Waals surface area contributed by atoms with Crippen LogP contribution in [0.15, 0.2) is 23.7 Å². The number of hydrogen-bond donors (Lipinski definition) is 3. The summed E-state index contributed by atoms with van der Waals surface area (Å²) in [6.45, 7) is 4.59. The maximum Gasteiger partial charge on any atom is 0.205 e. The Bertz CT molecular complexity index is 292. The van der Waals surface area contributed by atoms with Gasteiger partial charge in [0.2, 0.25) is 5.96 Å². The van der Waals surface area contributed by atoms with Crippen LogP contribution in [0.4, 0.5) is 0 Å². The number of unbranched alkanes of at least 4 members (excludes halogenated alkanes) is 1. The van der Waals surface area contributed by atoms with Crippen LogP contribution in [0.3, 0.4) is 0 Å². The van der Waals surface area contributed by atoms with E-state index in [0.29, 0.717) is 5.96 Å². The van der Waals surface area contributed by atoms with Gasteiger partial charge in [-0.25, -0.2) is 10.8 Å². The van der Waals surface area contributed by atoms with Crippen molar-refractivity contribution in [1.82, 2.24) is 20.3 Å². The highest BCUT2D eigenvalue weighted by molar-refractivity contribution is 5.78. The van der Waals surface area contributed by atoms with Crippen LogP contribution in [0.2, 0.25) is 0 Å². The zero-order chi connectivity index (χ0) is 11.6. The van der Waals surface area contributed by atoms with E-state index in [2.05, 4.69) is 25.3 Å². The first kappa shape index (κ1) is 12.5. The minimum absolute atomic E-state index is 0.658. The predicted molar refractivity (Wildman–Crippen MR) is 64.8 cm³/mol. The smallest absolute Gasteiger partial charge is 0.205 e. The monoisotopic (exact) mass is 224 g/mol. The van der Waals surface area contributed by atoms with Gasteiger partial charge in [-0.2, -0.15) is 0 Å². The Labute approximate surface area is 95.9 Å². The number of aryl methyl sites for hydroxylation is 1. The third-order valence-corrected chi connectivity index (χ3v) is 2.13. The first-order chi connectivity index (χ1) is 7.86. The van der Waals surface area contributed by atoms with Gasteiger partial charge in [0.15, 0.2) is 0 Å². The molecule has 0 bridgehead atoms. The Morgan fingerprint density at radius 1 is 1.50 bits per heavy atom. The van der Waals surface area contributed by atoms with Crippen molar-refractivity contribution in [2.75, 3.05) is 13.1 Å². The van der Waals surface area contributed by atoms with E-state index in [1.165, 1.54) is 0 Å². The number of rotatable bonds is 6. The molecule has 6 heteroatoms. The molecule has 1 rings (SSSR count). The second-order valence-electron chi connectivity index (χ2n) is 3.41. The molecule has 0 unspecified atom stereocenters. The summed E-state index contributed by atoms with van der Waals surface area (Å²) in [5.41, 5.74) is 2.53. The van der Waals surface area contributed by atoms with Crippen molar-refractivity contribution in [2.24, 2.45) is 10.8 Å². The van der Waals surface area contributed by atoms with Gasteiger partial charge in [0.1, 0.15) is 0 Å². The Kier molecular flexibility index (Phi) is 6.02. The van der Waals surface area contributed by atoms with Crippen molar-refractivity contribution in [3.63, 3.8) is 0 Å². The number of nitrogens with two attached hydrogens (primary N) is 1. The molecule has 0 saturated carbocycles. The van der Waals surface area contributed by atoms with Gasteiger partial charge in [-0.05, 0) is 19.8 Å². The van der Waals surface area contributed by atoms with Gasteiger partial charge in [0.25, 0.3) is 0 Å². The lowest BCUT2D eigenvalue weighted by Gasteiger charge is -2.06. The molecule has 6 nitrogen and oxygen atoms in total. The van der Waals surface area contributed by atoms with Crippen LogP contribution in [0.25, 0.3) is 0 Å². The first-order valence-corrected chi connectivity index (χ1v) is 5.57. The molecule has 0 fully saturated rings. The number of guanidine groups is 1. The van der Waals surface area contributed by atoms with Crippen molar-refractivity contribution in [3.8, 4) is 0 Å². The average Bonchev–Trinajstić information content (AvgIpc) is 2.80. The van der Waals surface area contributed by atoms with E-state index in [1.54, 1.807) is 6.20 Å². The van der Waals surface area contributed by atoms with E-state index in [4.69, 9.17) is 5.84 Å². The molecule has 1 aromatic heterocycles. The average molecular weight is 224 g/mol. The maximum absolute atomic E-state index is 5.30. The van der Waals surface area contributed by atoms with Crippen LogP contribution in [0.1, 0.15) is 19.8 Å². The zero-order valence-electron chi connectivity index (χ0n) is 9.69. The van der Waals surface area contributed by atoms with Gasteiger partial charge in [0, 0.05) is 32.0 Å². The van der Waals surface area contributed by atoms with E-state index in [9.17, 15) is 0 Å². The molecule has 1 heterocycles. The number of nitrogens with one attached hydrogen (secondary N) is 2. The molecule has 0 saturated heterocycles. The van der Waals surface area contributed by atoms with Gasteiger partial charge in [-0.15, -0.1) is 0 Å². The van der Waals surface area contributed by atoms with E-state index in [-0.39, 0.29) is 0 Å². The molecule has 1 aromatic rings. The van der Waals surface area contributed by atoms with Gasteiger partial charge in [-0.3, -0.25) is 10.4 Å². The number of hydrazine groups is 1. The molecule has 0 aliphatic carbocycles. The fourth-order valence-electron chi connectivity index (χ4n) is 1.34. The largest absolute Gasteiger partial charge is 0.356 e. The Balaban J connectivity index is 2.10. The van der Waals surface area contributed by atoms with Crippen LogP contribution in [-0.2, 0) is 6.54 Å². The molecule has 0 atom stereocenters. The highest BCUT2D eigenvalue weighted by Crippen LogP contribution is 1.95. The van der Waals surface area contributed by atoms with Crippen molar-refractivity contribution in [3.05, 3.63) is 18.7 Å². The fraction of sp³-hybridized carbons (Fsp3) is 0.600. The van der Waals surface area contributed by atoms with Crippen molar-refractivity contribution < 1.29 is 0 Å². The van der Waals surface area contributed by atoms with E-state index < -0.39 is 0 Å². The molecule has 0 radical (unpaired) electrons. The topological polar surface area (TPSA) is 80.3 Å². The third kappa shape index (κ3) is 4.79. The number of imidazole rings is 1. The molecule has 4 N–H and O–H groups in total. The molecule has 0 aliphatic rings. The quantitative estimate of drug-likeness (QED) is 0.210. The van der Waals surface area contributed by atoms with E-state index >= 15 is 0 Å². The summed E-state index contributed by atoms with van der Waals surface area (Å²) < 4.78 is 2.07. The molecular weight excluding hydrogens is 204 g/mol. The summed E-state index contributed by atoms with van der Waals surface area (Å²) in [5.74, 6) is 5.95. The summed E-state index contributed by atoms with van der Waals surface area (Å²) in [4.78, 5) is 8.28. The Hall–Kier alpha value is -1.56. The zero-order valence-corrected chi connectivity index (χ0v) is 9.69. The highest BCUT2D eigenvalue weighted by atomic mass is 15.3. The summed E-state index contributed by atoms with van der Waals surface area (Å²) in [6.07, 6.45) is 7.71. The van der Waals surface area contributed by atoms with Gasteiger partial charge >= 0.3 is 0 Å². The second-order valence-corrected chi connectivity index (χ2v) is 3.41. The van der Waals surface area contributed by atoms with E-state index in [1.807, 2.05) is 19.4 Å². The van der Waals surface area contributed by atoms with Crippen molar-refractivity contribution in [2.45, 2.75) is 26.3 Å². The fourth-order valence-corrected chi connectivity index (χ4v) is 1.34. The van der Waals surface area contributed by atoms with Crippen LogP contribution in [0, 0.1) is 0 Å². The predicted octanol–water partition coefficient (Wildman–Crippen LogP) is 0.0921. The standard InChI is InChI=1S/C10H20N6/c1-2-13-10(15-11)14-5-3-4-7-16-8-6-12-9-16/h6,8-9H,2-5,7,11H2,1H3,(H2,13,14,15). The van der Waals surface area contributed by atoms with Crippen molar-refractivity contribution in [1.29, 1.82) is 0 Å². The minimum Gasteiger partial charge on any atom is -0.356 e. The number of nitrogens with zero attached hydrogens (tertiary/aromatic N) is 3. The lowest BCUT2D eigenvalue weighted by molar-refractivity contribution is 0.613. The molecule has 0 aliphatic heterocycles. The molecule has 0 spiro atoms. The van der Waals surface area contributed by atoms with Gasteiger partial charge < -0.3 is 9.88 Å². The van der Waals surface area contributed by atoms with Crippen molar-refractivity contribution >= 4 is 5.96 Å². The summed E-state index contributed by atoms with van der Waals surface area (Å²) in [7, 11) is 0. The molecule has 90 valence electrons. The van der Waals surface area contributed by atoms with Crippen LogP contribution in [-0.4, -0.2) is 28.6 Å². The SMILES string of the molecule is CCNC(=NCCCCn1ccnc1)NN. The Morgan fingerprint density at radius 3 is 3.00 bits per heavy atom. The highest BCUT2D eigenvalue weighted by Gasteiger charge is 1.93. The number of aromatic nitrogens is 2. The minimum atomic E-state index is 0.658. The molecular formula is C10H20N6. The Morgan fingerprint density at radius 2 is 2.38 bits per heavy atom. The lowest BCUT2D eigenvalue weighted by atomic mass is 10.3. The maximum atomic E-state index is 5.30.